The lowest BCUT2D eigenvalue weighted by molar-refractivity contribution is 0.238. The van der Waals surface area contributed by atoms with Crippen molar-refractivity contribution in [2.24, 2.45) is 0 Å². The monoisotopic (exact) mass is 324 g/mol. The van der Waals surface area contributed by atoms with Gasteiger partial charge in [-0.3, -0.25) is 4.90 Å². The number of aromatic nitrogens is 2. The molecule has 1 saturated heterocycles. The van der Waals surface area contributed by atoms with Gasteiger partial charge in [-0.25, -0.2) is 14.8 Å². The zero-order valence-electron chi connectivity index (χ0n) is 13.4. The van der Waals surface area contributed by atoms with Crippen molar-refractivity contribution in [1.29, 1.82) is 0 Å². The Kier molecular flexibility index (Phi) is 5.08. The van der Waals surface area contributed by atoms with Crippen molar-refractivity contribution in [3.05, 3.63) is 41.9 Å². The molecule has 1 aromatic heterocycles. The fourth-order valence-corrected chi connectivity index (χ4v) is 2.63. The number of nitrogens with one attached hydrogen (secondary N) is 1. The second-order valence-electron chi connectivity index (χ2n) is 5.63. The number of ether oxygens (including phenoxy) is 1. The van der Waals surface area contributed by atoms with Crippen molar-refractivity contribution in [2.75, 3.05) is 37.3 Å². The van der Waals surface area contributed by atoms with Crippen LogP contribution in [0, 0.1) is 6.57 Å². The number of hydrogen-bond donors (Lipinski definition) is 2. The van der Waals surface area contributed by atoms with Crippen molar-refractivity contribution in [3.8, 4) is 5.75 Å². The van der Waals surface area contributed by atoms with Crippen LogP contribution in [0.5, 0.6) is 5.75 Å². The van der Waals surface area contributed by atoms with Crippen LogP contribution in [0.25, 0.3) is 4.85 Å². The highest BCUT2D eigenvalue weighted by atomic mass is 16.5. The van der Waals surface area contributed by atoms with Gasteiger partial charge in [0, 0.05) is 24.5 Å². The Morgan fingerprint density at radius 1 is 1.33 bits per heavy atom. The third kappa shape index (κ3) is 4.12. The van der Waals surface area contributed by atoms with Gasteiger partial charge in [-0.1, -0.05) is 6.07 Å². The van der Waals surface area contributed by atoms with Crippen LogP contribution in [0.3, 0.4) is 0 Å². The number of nitrogens with zero attached hydrogens (tertiary/aromatic N) is 4. The Balaban J connectivity index is 1.58. The summed E-state index contributed by atoms with van der Waals surface area (Å²) in [7, 11) is 0. The maximum Gasteiger partial charge on any atom is 0.245 e. The quantitative estimate of drug-likeness (QED) is 0.795. The molecule has 24 heavy (non-hydrogen) atoms. The van der Waals surface area contributed by atoms with Gasteiger partial charge in [0.05, 0.1) is 6.57 Å². The van der Waals surface area contributed by atoms with Crippen LogP contribution >= 0.6 is 0 Å². The van der Waals surface area contributed by atoms with E-state index in [4.69, 9.17) is 17.0 Å². The molecule has 1 aromatic carbocycles. The maximum absolute atomic E-state index is 6.96. The molecule has 0 radical (unpaired) electrons. The van der Waals surface area contributed by atoms with E-state index in [2.05, 4.69) is 25.0 Å². The number of likely N-dealkylation sites (tertiary alicyclic amines) is 1. The summed E-state index contributed by atoms with van der Waals surface area (Å²) >= 11 is 0. The zero-order chi connectivity index (χ0) is 16.8. The molecule has 124 valence electrons. The predicted octanol–water partition coefficient (Wildman–Crippen LogP) is 2.83. The topological polar surface area (TPSA) is 80.7 Å². The third-order valence-corrected chi connectivity index (χ3v) is 3.88. The molecular formula is C17H20N6O. The van der Waals surface area contributed by atoms with E-state index >= 15 is 0 Å². The van der Waals surface area contributed by atoms with E-state index in [1.165, 1.54) is 32.1 Å². The molecule has 7 nitrogen and oxygen atoms in total. The fourth-order valence-electron chi connectivity index (χ4n) is 2.63. The first-order valence-corrected chi connectivity index (χ1v) is 7.97. The average Bonchev–Trinajstić information content (AvgIpc) is 3.09. The summed E-state index contributed by atoms with van der Waals surface area (Å²) in [6, 6.07) is 7.62. The Hall–Kier alpha value is -2.85. The minimum atomic E-state index is 0.167. The van der Waals surface area contributed by atoms with Gasteiger partial charge >= 0.3 is 0 Å². The molecule has 0 saturated carbocycles. The van der Waals surface area contributed by atoms with E-state index in [1.807, 2.05) is 24.3 Å². The molecule has 0 spiro atoms. The van der Waals surface area contributed by atoms with Crippen molar-refractivity contribution in [3.63, 3.8) is 0 Å². The summed E-state index contributed by atoms with van der Waals surface area (Å²) in [6.07, 6.45) is 3.98. The molecule has 0 unspecified atom stereocenters. The molecule has 3 rings (SSSR count). The third-order valence-electron chi connectivity index (χ3n) is 3.88. The molecule has 0 amide bonds. The molecule has 2 aromatic rings. The lowest BCUT2D eigenvalue weighted by Gasteiger charge is -2.15. The van der Waals surface area contributed by atoms with Gasteiger partial charge in [-0.2, -0.15) is 0 Å². The molecule has 1 aliphatic rings. The smallest absolute Gasteiger partial charge is 0.245 e. The molecule has 3 N–H and O–H groups in total. The number of anilines is 3. The van der Waals surface area contributed by atoms with Crippen LogP contribution in [-0.2, 0) is 0 Å². The number of rotatable bonds is 6. The highest BCUT2D eigenvalue weighted by Crippen LogP contribution is 2.23. The van der Waals surface area contributed by atoms with Crippen LogP contribution in [0.2, 0.25) is 0 Å². The zero-order valence-corrected chi connectivity index (χ0v) is 13.4. The van der Waals surface area contributed by atoms with E-state index in [-0.39, 0.29) is 11.5 Å². The average molecular weight is 324 g/mol. The second-order valence-corrected chi connectivity index (χ2v) is 5.63. The summed E-state index contributed by atoms with van der Waals surface area (Å²) in [6.45, 7) is 10.9. The largest absolute Gasteiger partial charge is 0.492 e. The Labute approximate surface area is 141 Å². The highest BCUT2D eigenvalue weighted by molar-refractivity contribution is 5.65. The van der Waals surface area contributed by atoms with Crippen LogP contribution in [0.1, 0.15) is 12.8 Å². The van der Waals surface area contributed by atoms with E-state index in [0.717, 1.165) is 18.0 Å². The van der Waals surface area contributed by atoms with Gasteiger partial charge < -0.3 is 15.8 Å². The number of benzene rings is 1. The Morgan fingerprint density at radius 3 is 2.92 bits per heavy atom. The van der Waals surface area contributed by atoms with Crippen LogP contribution < -0.4 is 15.8 Å². The van der Waals surface area contributed by atoms with Crippen molar-refractivity contribution < 1.29 is 4.74 Å². The number of hydrogen-bond acceptors (Lipinski definition) is 6. The van der Waals surface area contributed by atoms with Gasteiger partial charge in [-0.15, -0.1) is 0 Å². The SMILES string of the molecule is [C-]#[N+]c1cnc(Nc2cccc(OCCN3CCCC3)c2)nc1N. The van der Waals surface area contributed by atoms with Crippen LogP contribution in [0.15, 0.2) is 30.5 Å². The van der Waals surface area contributed by atoms with E-state index in [9.17, 15) is 0 Å². The summed E-state index contributed by atoms with van der Waals surface area (Å²) < 4.78 is 5.82. The molecule has 2 heterocycles. The van der Waals surface area contributed by atoms with Gasteiger partial charge in [0.25, 0.3) is 0 Å². The van der Waals surface area contributed by atoms with Crippen molar-refractivity contribution >= 4 is 23.1 Å². The first-order valence-electron chi connectivity index (χ1n) is 7.97. The maximum atomic E-state index is 6.96. The lowest BCUT2D eigenvalue weighted by Crippen LogP contribution is -2.25. The van der Waals surface area contributed by atoms with Gasteiger partial charge in [0.2, 0.25) is 11.6 Å². The lowest BCUT2D eigenvalue weighted by atomic mass is 10.3. The molecule has 0 atom stereocenters. The standard InChI is InChI=1S/C17H20N6O/c1-19-15-12-20-17(22-16(15)18)21-13-5-4-6-14(11-13)24-10-9-23-7-2-3-8-23/h4-6,11-12H,2-3,7-10H2,(H3,18,20,21,22). The molecule has 0 bridgehead atoms. The minimum Gasteiger partial charge on any atom is -0.492 e. The highest BCUT2D eigenvalue weighted by Gasteiger charge is 2.11. The van der Waals surface area contributed by atoms with Crippen LogP contribution in [0.4, 0.5) is 23.1 Å². The van der Waals surface area contributed by atoms with Crippen LogP contribution in [-0.4, -0.2) is 41.1 Å². The first kappa shape index (κ1) is 16.0. The molecule has 7 heteroatoms. The summed E-state index contributed by atoms with van der Waals surface area (Å²) in [5.74, 6) is 1.32. The predicted molar refractivity (Wildman–Crippen MR) is 93.6 cm³/mol. The second kappa shape index (κ2) is 7.62. The van der Waals surface area contributed by atoms with Gasteiger partial charge in [-0.05, 0) is 38.1 Å². The fraction of sp³-hybridized carbons (Fsp3) is 0.353. The van der Waals surface area contributed by atoms with E-state index < -0.39 is 0 Å². The summed E-state index contributed by atoms with van der Waals surface area (Å²) in [5.41, 5.74) is 6.77. The number of nitrogens with two attached hydrogens (primary N) is 1. The van der Waals surface area contributed by atoms with Crippen molar-refractivity contribution in [2.45, 2.75) is 12.8 Å². The normalized spacial score (nSPS) is 14.3. The Morgan fingerprint density at radius 2 is 2.17 bits per heavy atom. The molecule has 1 fully saturated rings. The van der Waals surface area contributed by atoms with Crippen molar-refractivity contribution in [1.82, 2.24) is 14.9 Å². The summed E-state index contributed by atoms with van der Waals surface area (Å²) in [4.78, 5) is 13.8. The molecular weight excluding hydrogens is 304 g/mol. The minimum absolute atomic E-state index is 0.167. The number of nitrogen functional groups attached to an aromatic ring is 1. The van der Waals surface area contributed by atoms with E-state index in [0.29, 0.717) is 12.6 Å². The van der Waals surface area contributed by atoms with E-state index in [1.54, 1.807) is 0 Å². The first-order chi connectivity index (χ1) is 11.7. The van der Waals surface area contributed by atoms with Gasteiger partial charge in [0.1, 0.15) is 18.2 Å². The Bertz CT molecular complexity index is 736. The summed E-state index contributed by atoms with van der Waals surface area (Å²) in [5, 5.41) is 3.07. The molecule has 1 aliphatic heterocycles. The molecule has 0 aliphatic carbocycles. The van der Waals surface area contributed by atoms with Gasteiger partial charge in [0.15, 0.2) is 0 Å².